The van der Waals surface area contributed by atoms with Crippen molar-refractivity contribution in [3.05, 3.63) is 77.4 Å². The van der Waals surface area contributed by atoms with Crippen LogP contribution in [-0.4, -0.2) is 52.4 Å². The van der Waals surface area contributed by atoms with Gasteiger partial charge in [-0.25, -0.2) is 0 Å². The maximum absolute atomic E-state index is 5.78. The summed E-state index contributed by atoms with van der Waals surface area (Å²) in [4.78, 5) is 9.39. The molecule has 2 aromatic heterocycles. The Labute approximate surface area is 207 Å². The lowest BCUT2D eigenvalue weighted by molar-refractivity contribution is 0.122. The zero-order chi connectivity index (χ0) is 23.7. The topological polar surface area (TPSA) is 45.6 Å². The van der Waals surface area contributed by atoms with E-state index in [4.69, 9.17) is 17.0 Å². The number of ether oxygens (including phenoxy) is 1. The van der Waals surface area contributed by atoms with Gasteiger partial charge in [-0.15, -0.1) is 0 Å². The molecule has 2 aliphatic heterocycles. The Hall–Kier alpha value is -2.90. The van der Waals surface area contributed by atoms with Crippen molar-refractivity contribution in [2.75, 3.05) is 37.7 Å². The minimum atomic E-state index is 0.0258. The van der Waals surface area contributed by atoms with Crippen LogP contribution in [0.3, 0.4) is 0 Å². The van der Waals surface area contributed by atoms with Crippen molar-refractivity contribution in [3.63, 3.8) is 0 Å². The van der Waals surface area contributed by atoms with Crippen LogP contribution >= 0.6 is 12.2 Å². The minimum absolute atomic E-state index is 0.0258. The number of hydrogen-bond donors (Lipinski definition) is 1. The molecule has 4 heterocycles. The number of pyridine rings is 1. The number of nitrogens with one attached hydrogen (secondary N) is 1. The van der Waals surface area contributed by atoms with Gasteiger partial charge in [-0.1, -0.05) is 13.0 Å². The van der Waals surface area contributed by atoms with Crippen molar-refractivity contribution >= 4 is 23.0 Å². The summed E-state index contributed by atoms with van der Waals surface area (Å²) in [6.07, 6.45) is 2.90. The van der Waals surface area contributed by atoms with E-state index in [1.165, 1.54) is 28.3 Å². The molecule has 0 radical (unpaired) electrons. The fourth-order valence-corrected chi connectivity index (χ4v) is 5.68. The van der Waals surface area contributed by atoms with E-state index in [-0.39, 0.29) is 12.1 Å². The molecule has 7 heteroatoms. The summed E-state index contributed by atoms with van der Waals surface area (Å²) in [7, 11) is 0. The SMILES string of the molecule is CCCN1C(=S)NC(c2ccccn2)C1c1cc(C)n(-c2ccc(N3CCOCC3)cc2)c1C. The minimum Gasteiger partial charge on any atom is -0.378 e. The van der Waals surface area contributed by atoms with Gasteiger partial charge in [0, 0.05) is 48.6 Å². The van der Waals surface area contributed by atoms with Crippen LogP contribution in [0.15, 0.2) is 54.7 Å². The number of aromatic nitrogens is 2. The highest BCUT2D eigenvalue weighted by molar-refractivity contribution is 7.80. The molecule has 6 nitrogen and oxygen atoms in total. The normalized spacial score (nSPS) is 20.6. The van der Waals surface area contributed by atoms with Gasteiger partial charge in [0.2, 0.25) is 0 Å². The number of anilines is 1. The Morgan fingerprint density at radius 1 is 1.06 bits per heavy atom. The lowest BCUT2D eigenvalue weighted by Crippen LogP contribution is -2.36. The summed E-state index contributed by atoms with van der Waals surface area (Å²) >= 11 is 5.78. The van der Waals surface area contributed by atoms with Crippen molar-refractivity contribution in [3.8, 4) is 5.69 Å². The van der Waals surface area contributed by atoms with Crippen LogP contribution in [0.1, 0.15) is 48.1 Å². The Balaban J connectivity index is 1.51. The van der Waals surface area contributed by atoms with Crippen LogP contribution in [-0.2, 0) is 4.74 Å². The van der Waals surface area contributed by atoms with Gasteiger partial charge in [-0.3, -0.25) is 4.98 Å². The van der Waals surface area contributed by atoms with Gasteiger partial charge in [0.15, 0.2) is 5.11 Å². The van der Waals surface area contributed by atoms with Crippen LogP contribution in [0.5, 0.6) is 0 Å². The van der Waals surface area contributed by atoms with Gasteiger partial charge in [0.05, 0.1) is 31.0 Å². The number of benzene rings is 1. The van der Waals surface area contributed by atoms with Gasteiger partial charge in [-0.2, -0.15) is 0 Å². The summed E-state index contributed by atoms with van der Waals surface area (Å²) < 4.78 is 7.86. The van der Waals surface area contributed by atoms with Crippen molar-refractivity contribution in [1.29, 1.82) is 0 Å². The summed E-state index contributed by atoms with van der Waals surface area (Å²) in [5.74, 6) is 0. The fourth-order valence-electron chi connectivity index (χ4n) is 5.34. The first-order valence-electron chi connectivity index (χ1n) is 12.2. The van der Waals surface area contributed by atoms with Gasteiger partial charge >= 0.3 is 0 Å². The third kappa shape index (κ3) is 4.18. The molecular weight excluding hydrogens is 442 g/mol. The molecule has 1 aromatic carbocycles. The average molecular weight is 476 g/mol. The number of rotatable bonds is 6. The summed E-state index contributed by atoms with van der Waals surface area (Å²) in [6.45, 7) is 11.0. The fraction of sp³-hybridized carbons (Fsp3) is 0.407. The molecule has 2 unspecified atom stereocenters. The van der Waals surface area contributed by atoms with E-state index in [1.54, 1.807) is 0 Å². The maximum Gasteiger partial charge on any atom is 0.170 e. The molecule has 2 fully saturated rings. The van der Waals surface area contributed by atoms with E-state index in [1.807, 2.05) is 18.3 Å². The standard InChI is InChI=1S/C27H33N5OS/c1-4-13-31-26(25(29-27(31)34)24-7-5-6-12-28-24)23-18-19(2)32(20(23)3)22-10-8-21(9-11-22)30-14-16-33-17-15-30/h5-12,18,25-26H,4,13-17H2,1-3H3,(H,29,34). The van der Waals surface area contributed by atoms with Crippen molar-refractivity contribution < 1.29 is 4.74 Å². The number of thiocarbonyl (C=S) groups is 1. The third-order valence-electron chi connectivity index (χ3n) is 6.94. The quantitative estimate of drug-likeness (QED) is 0.521. The van der Waals surface area contributed by atoms with Crippen LogP contribution in [0.2, 0.25) is 0 Å². The summed E-state index contributed by atoms with van der Waals surface area (Å²) in [5.41, 5.74) is 7.22. The smallest absolute Gasteiger partial charge is 0.170 e. The molecule has 5 rings (SSSR count). The van der Waals surface area contributed by atoms with E-state index < -0.39 is 0 Å². The summed E-state index contributed by atoms with van der Waals surface area (Å²) in [6, 6.07) is 17.5. The summed E-state index contributed by atoms with van der Waals surface area (Å²) in [5, 5.41) is 4.37. The maximum atomic E-state index is 5.78. The second-order valence-corrected chi connectivity index (χ2v) is 9.48. The molecule has 34 heavy (non-hydrogen) atoms. The molecule has 178 valence electrons. The highest BCUT2D eigenvalue weighted by atomic mass is 32.1. The molecule has 2 saturated heterocycles. The van der Waals surface area contributed by atoms with Gasteiger partial charge in [0.25, 0.3) is 0 Å². The van der Waals surface area contributed by atoms with Gasteiger partial charge in [0.1, 0.15) is 0 Å². The van der Waals surface area contributed by atoms with Crippen LogP contribution < -0.4 is 10.2 Å². The Morgan fingerprint density at radius 3 is 2.47 bits per heavy atom. The van der Waals surface area contributed by atoms with Crippen molar-refractivity contribution in [2.45, 2.75) is 39.3 Å². The first-order chi connectivity index (χ1) is 16.6. The largest absolute Gasteiger partial charge is 0.378 e. The third-order valence-corrected chi connectivity index (χ3v) is 7.29. The van der Waals surface area contributed by atoms with E-state index in [0.29, 0.717) is 0 Å². The van der Waals surface area contributed by atoms with Gasteiger partial charge < -0.3 is 24.4 Å². The highest BCUT2D eigenvalue weighted by Gasteiger charge is 2.40. The predicted octanol–water partition coefficient (Wildman–Crippen LogP) is 4.71. The first-order valence-corrected chi connectivity index (χ1v) is 12.6. The predicted molar refractivity (Wildman–Crippen MR) is 141 cm³/mol. The molecule has 0 spiro atoms. The Kier molecular flexibility index (Phi) is 6.57. The monoisotopic (exact) mass is 475 g/mol. The van der Waals surface area contributed by atoms with Crippen molar-refractivity contribution in [1.82, 2.24) is 19.8 Å². The second-order valence-electron chi connectivity index (χ2n) is 9.10. The molecule has 0 aliphatic carbocycles. The lowest BCUT2D eigenvalue weighted by Gasteiger charge is -2.29. The zero-order valence-electron chi connectivity index (χ0n) is 20.2. The number of nitrogens with zero attached hydrogens (tertiary/aromatic N) is 4. The number of morpholine rings is 1. The molecule has 0 amide bonds. The van der Waals surface area contributed by atoms with E-state index in [0.717, 1.165) is 50.1 Å². The first kappa shape index (κ1) is 22.9. The highest BCUT2D eigenvalue weighted by Crippen LogP contribution is 2.41. The Morgan fingerprint density at radius 2 is 1.79 bits per heavy atom. The second kappa shape index (κ2) is 9.76. The molecular formula is C27H33N5OS. The van der Waals surface area contributed by atoms with Crippen LogP contribution in [0.4, 0.5) is 5.69 Å². The number of aryl methyl sites for hydroxylation is 1. The molecule has 0 saturated carbocycles. The van der Waals surface area contributed by atoms with E-state index in [9.17, 15) is 0 Å². The molecule has 3 aromatic rings. The van der Waals surface area contributed by atoms with Crippen LogP contribution in [0, 0.1) is 13.8 Å². The lowest BCUT2D eigenvalue weighted by atomic mass is 9.96. The van der Waals surface area contributed by atoms with E-state index >= 15 is 0 Å². The molecule has 2 aliphatic rings. The Bertz CT molecular complexity index is 1140. The molecule has 2 atom stereocenters. The number of hydrogen-bond acceptors (Lipinski definition) is 4. The molecule has 0 bridgehead atoms. The van der Waals surface area contributed by atoms with Gasteiger partial charge in [-0.05, 0) is 80.5 Å². The van der Waals surface area contributed by atoms with E-state index in [2.05, 4.69) is 81.8 Å². The zero-order valence-corrected chi connectivity index (χ0v) is 21.0. The van der Waals surface area contributed by atoms with Crippen LogP contribution in [0.25, 0.3) is 5.69 Å². The average Bonchev–Trinajstić information content (AvgIpc) is 3.35. The van der Waals surface area contributed by atoms with Crippen molar-refractivity contribution in [2.24, 2.45) is 0 Å². The molecule has 1 N–H and O–H groups in total.